The van der Waals surface area contributed by atoms with Crippen LogP contribution in [0.3, 0.4) is 0 Å². The molecule has 0 spiro atoms. The Morgan fingerprint density at radius 3 is 2.08 bits per heavy atom. The second-order valence-electron chi connectivity index (χ2n) is 2.69. The molecule has 4 N–H and O–H groups in total. The molecule has 72 valence electrons. The number of hydrogen-bond acceptors (Lipinski definition) is 5. The summed E-state index contributed by atoms with van der Waals surface area (Å²) in [5.74, 6) is 0. The summed E-state index contributed by atoms with van der Waals surface area (Å²) in [5, 5.41) is 36.5. The van der Waals surface area contributed by atoms with Gasteiger partial charge in [0.15, 0.2) is 6.29 Å². The van der Waals surface area contributed by atoms with E-state index in [9.17, 15) is 10.2 Å². The summed E-state index contributed by atoms with van der Waals surface area (Å²) in [6.45, 7) is 0. The first-order chi connectivity index (χ1) is 5.57. The fraction of sp³-hybridized carbons (Fsp3) is 1.00. The van der Waals surface area contributed by atoms with Gasteiger partial charge in [-0.2, -0.15) is 0 Å². The van der Waals surface area contributed by atoms with Gasteiger partial charge in [0.25, 0.3) is 0 Å². The smallest absolute Gasteiger partial charge is 0.183 e. The highest BCUT2D eigenvalue weighted by molar-refractivity contribution is 14.1. The molecule has 5 atom stereocenters. The van der Waals surface area contributed by atoms with Crippen LogP contribution >= 0.6 is 22.6 Å². The Kier molecular flexibility index (Phi) is 3.68. The van der Waals surface area contributed by atoms with E-state index in [2.05, 4.69) is 0 Å². The molecule has 5 nitrogen and oxygen atoms in total. The third-order valence-electron chi connectivity index (χ3n) is 1.84. The highest BCUT2D eigenvalue weighted by atomic mass is 123. The minimum Gasteiger partial charge on any atom is -0.388 e. The van der Waals surface area contributed by atoms with Gasteiger partial charge >= 0.3 is 0 Å². The number of alkyl halides is 1. The van der Waals surface area contributed by atoms with Gasteiger partial charge in [-0.25, -0.2) is 0 Å². The van der Waals surface area contributed by atoms with Crippen molar-refractivity contribution in [1.29, 1.82) is 0 Å². The van der Waals surface area contributed by atoms with Crippen molar-refractivity contribution in [3.05, 3.63) is 0 Å². The molecule has 12 heavy (non-hydrogen) atoms. The van der Waals surface area contributed by atoms with Crippen LogP contribution in [0.15, 0.2) is 0 Å². The predicted molar refractivity (Wildman–Crippen MR) is 47.8 cm³/mol. The van der Waals surface area contributed by atoms with Crippen LogP contribution in [0.5, 0.6) is 0 Å². The Bertz CT molecular complexity index is 150. The molecule has 0 aromatic heterocycles. The topological polar surface area (TPSA) is 90.2 Å². The van der Waals surface area contributed by atoms with Crippen molar-refractivity contribution in [2.24, 2.45) is 0 Å². The minimum atomic E-state index is -1.43. The molecule has 1 rings (SSSR count). The van der Waals surface area contributed by atoms with Crippen LogP contribution in [0.2, 0.25) is 0 Å². The molecule has 6 heteroatoms. The summed E-state index contributed by atoms with van der Waals surface area (Å²) >= 11 is 1.96. The lowest BCUT2D eigenvalue weighted by Gasteiger charge is -2.37. The maximum atomic E-state index is 9.27. The average molecular weight is 286 g/mol. The van der Waals surface area contributed by atoms with Crippen molar-refractivity contribution in [2.45, 2.75) is 30.7 Å². The Morgan fingerprint density at radius 2 is 1.58 bits per heavy atom. The SMILES string of the molecule is OC1O[C@H](C[123I])[C@H](O)[C@H](O)[C@H]1O. The second kappa shape index (κ2) is 4.16. The van der Waals surface area contributed by atoms with E-state index in [0.717, 1.165) is 0 Å². The van der Waals surface area contributed by atoms with E-state index < -0.39 is 30.7 Å². The normalized spacial score (nSPS) is 49.2. The van der Waals surface area contributed by atoms with E-state index in [4.69, 9.17) is 14.9 Å². The molecule has 0 aromatic rings. The van der Waals surface area contributed by atoms with Gasteiger partial charge in [0.05, 0.1) is 6.10 Å². The fourth-order valence-corrected chi connectivity index (χ4v) is 1.79. The van der Waals surface area contributed by atoms with Gasteiger partial charge in [-0.1, -0.05) is 22.6 Å². The van der Waals surface area contributed by atoms with Gasteiger partial charge in [-0.15, -0.1) is 0 Å². The largest absolute Gasteiger partial charge is 0.388 e. The van der Waals surface area contributed by atoms with Crippen molar-refractivity contribution in [2.75, 3.05) is 4.43 Å². The van der Waals surface area contributed by atoms with Crippen LogP contribution in [0.4, 0.5) is 0 Å². The van der Waals surface area contributed by atoms with Crippen molar-refractivity contribution in [3.63, 3.8) is 0 Å². The third kappa shape index (κ3) is 1.88. The molecule has 0 aliphatic carbocycles. The standard InChI is InChI=1S/C6H11IO5/c7-1-2-3(8)4(9)5(10)6(11)12-2/h2-6,8-11H,1H2/t2-,3+,4+,5-,6?/m1/s1/i7-4. The van der Waals surface area contributed by atoms with Gasteiger partial charge in [0.2, 0.25) is 0 Å². The molecule has 0 amide bonds. The molecule has 1 fully saturated rings. The van der Waals surface area contributed by atoms with E-state index in [1.165, 1.54) is 0 Å². The van der Waals surface area contributed by atoms with Crippen molar-refractivity contribution in [3.8, 4) is 0 Å². The third-order valence-corrected chi connectivity index (χ3v) is 2.71. The first-order valence-corrected chi connectivity index (χ1v) is 5.04. The lowest BCUT2D eigenvalue weighted by molar-refractivity contribution is -0.275. The number of halogens is 1. The van der Waals surface area contributed by atoms with Crippen molar-refractivity contribution < 1.29 is 25.2 Å². The molecule has 0 aromatic carbocycles. The first kappa shape index (κ1) is 10.6. The number of ether oxygens (including phenoxy) is 1. The van der Waals surface area contributed by atoms with Gasteiger partial charge < -0.3 is 25.2 Å². The Morgan fingerprint density at radius 1 is 1.00 bits per heavy atom. The Hall–Kier alpha value is 0.530. The van der Waals surface area contributed by atoms with E-state index in [1.807, 2.05) is 22.6 Å². The molecule has 1 saturated heterocycles. The molecule has 1 unspecified atom stereocenters. The van der Waals surface area contributed by atoms with Crippen LogP contribution in [0.25, 0.3) is 0 Å². The van der Waals surface area contributed by atoms with Crippen LogP contribution in [-0.2, 0) is 4.74 Å². The second-order valence-corrected chi connectivity index (χ2v) is 3.57. The van der Waals surface area contributed by atoms with E-state index in [-0.39, 0.29) is 0 Å². The molecule has 0 bridgehead atoms. The van der Waals surface area contributed by atoms with E-state index >= 15 is 0 Å². The number of rotatable bonds is 1. The minimum absolute atomic E-state index is 0.444. The summed E-state index contributed by atoms with van der Waals surface area (Å²) in [6.07, 6.45) is -5.95. The number of aliphatic hydroxyl groups is 4. The van der Waals surface area contributed by atoms with E-state index in [1.54, 1.807) is 0 Å². The van der Waals surface area contributed by atoms with Crippen LogP contribution < -0.4 is 0 Å². The van der Waals surface area contributed by atoms with Gasteiger partial charge in [-0.05, 0) is 0 Å². The average Bonchev–Trinajstić information content (AvgIpc) is 2.08. The maximum absolute atomic E-state index is 9.27. The highest BCUT2D eigenvalue weighted by Crippen LogP contribution is 2.20. The van der Waals surface area contributed by atoms with Crippen LogP contribution in [-0.4, -0.2) is 55.6 Å². The number of aliphatic hydroxyl groups excluding tert-OH is 4. The zero-order valence-corrected chi connectivity index (χ0v) is 8.33. The zero-order valence-electron chi connectivity index (χ0n) is 6.17. The fourth-order valence-electron chi connectivity index (χ4n) is 1.06. The van der Waals surface area contributed by atoms with Gasteiger partial charge in [0, 0.05) is 4.43 Å². The summed E-state index contributed by atoms with van der Waals surface area (Å²) in [6, 6.07) is 0. The zero-order chi connectivity index (χ0) is 9.30. The predicted octanol–water partition coefficient (Wildman–Crippen LogP) is -1.78. The van der Waals surface area contributed by atoms with Gasteiger partial charge in [0.1, 0.15) is 18.3 Å². The van der Waals surface area contributed by atoms with Crippen LogP contribution in [0.1, 0.15) is 0 Å². The number of hydrogen-bond donors (Lipinski definition) is 4. The summed E-state index contributed by atoms with van der Waals surface area (Å²) in [7, 11) is 0. The van der Waals surface area contributed by atoms with Gasteiger partial charge in [-0.3, -0.25) is 0 Å². The molecule has 0 saturated carbocycles. The maximum Gasteiger partial charge on any atom is 0.183 e. The molecule has 1 heterocycles. The lowest BCUT2D eigenvalue weighted by atomic mass is 10.0. The summed E-state index contributed by atoms with van der Waals surface area (Å²) < 4.78 is 5.26. The molecular formula is C6H11IO5. The molecule has 1 aliphatic rings. The monoisotopic (exact) mass is 286 g/mol. The quantitative estimate of drug-likeness (QED) is 0.338. The summed E-state index contributed by atoms with van der Waals surface area (Å²) in [5.41, 5.74) is 0. The first-order valence-electron chi connectivity index (χ1n) is 3.51. The summed E-state index contributed by atoms with van der Waals surface area (Å²) in [4.78, 5) is 0. The lowest BCUT2D eigenvalue weighted by Crippen LogP contribution is -2.57. The Balaban J connectivity index is 2.63. The van der Waals surface area contributed by atoms with Crippen LogP contribution in [0, 0.1) is 0 Å². The van der Waals surface area contributed by atoms with Crippen molar-refractivity contribution >= 4 is 22.6 Å². The molecule has 1 aliphatic heterocycles. The molecule has 0 radical (unpaired) electrons. The van der Waals surface area contributed by atoms with Crippen molar-refractivity contribution in [1.82, 2.24) is 0 Å². The molecular weight excluding hydrogens is 275 g/mol. The Labute approximate surface area is 83.1 Å². The highest BCUT2D eigenvalue weighted by Gasteiger charge is 2.42. The van der Waals surface area contributed by atoms with E-state index in [0.29, 0.717) is 4.43 Å².